The summed E-state index contributed by atoms with van der Waals surface area (Å²) in [5.74, 6) is 0. The highest BCUT2D eigenvalue weighted by Gasteiger charge is 2.15. The van der Waals surface area contributed by atoms with E-state index in [0.717, 1.165) is 31.6 Å². The van der Waals surface area contributed by atoms with E-state index in [2.05, 4.69) is 24.0 Å². The summed E-state index contributed by atoms with van der Waals surface area (Å²) in [5.41, 5.74) is 3.46. The van der Waals surface area contributed by atoms with Crippen molar-refractivity contribution >= 4 is 23.2 Å². The molecule has 1 heterocycles. The molecule has 1 aromatic carbocycles. The van der Waals surface area contributed by atoms with E-state index in [4.69, 9.17) is 11.8 Å². The highest BCUT2D eigenvalue weighted by Crippen LogP contribution is 2.26. The molecule has 15 heavy (non-hydrogen) atoms. The molecule has 0 spiro atoms. The zero-order chi connectivity index (χ0) is 10.7. The van der Waals surface area contributed by atoms with Gasteiger partial charge in [-0.15, -0.1) is 0 Å². The zero-order valence-corrected chi connectivity index (χ0v) is 9.67. The Balaban J connectivity index is 2.43. The van der Waals surface area contributed by atoms with E-state index in [0.29, 0.717) is 0 Å². The molecule has 0 aromatic heterocycles. The topological polar surface area (TPSA) is 15.6 Å². The third-order valence-corrected chi connectivity index (χ3v) is 2.91. The minimum absolute atomic E-state index is 0.784. The minimum Gasteiger partial charge on any atom is -0.287 e. The number of anilines is 1. The molecule has 1 aliphatic heterocycles. The first kappa shape index (κ1) is 10.5. The Kier molecular flexibility index (Phi) is 3.27. The smallest absolute Gasteiger partial charge is 0.0614 e. The third kappa shape index (κ3) is 2.15. The van der Waals surface area contributed by atoms with E-state index in [1.165, 1.54) is 11.3 Å². The first-order chi connectivity index (χ1) is 7.33. The number of hydrogen-bond acceptors (Lipinski definition) is 2. The quantitative estimate of drug-likeness (QED) is 0.702. The van der Waals surface area contributed by atoms with Crippen molar-refractivity contribution in [2.45, 2.75) is 19.8 Å². The minimum atomic E-state index is 0.784. The van der Waals surface area contributed by atoms with E-state index in [1.54, 1.807) is 4.42 Å². The van der Waals surface area contributed by atoms with Crippen LogP contribution >= 0.6 is 11.8 Å². The number of benzene rings is 1. The SMILES string of the molecule is CCCC1=NCCN(Cl)c2ccccc21. The Hall–Kier alpha value is -1.02. The number of para-hydroxylation sites is 1. The molecule has 2 nitrogen and oxygen atoms in total. The predicted octanol–water partition coefficient (Wildman–Crippen LogP) is 3.25. The van der Waals surface area contributed by atoms with Crippen molar-refractivity contribution in [2.24, 2.45) is 4.99 Å². The van der Waals surface area contributed by atoms with Gasteiger partial charge in [-0.05, 0) is 12.5 Å². The third-order valence-electron chi connectivity index (χ3n) is 2.56. The summed E-state index contributed by atoms with van der Waals surface area (Å²) in [6.45, 7) is 3.74. The van der Waals surface area contributed by atoms with Crippen molar-refractivity contribution in [2.75, 3.05) is 17.5 Å². The molecular formula is C12H15ClN2. The van der Waals surface area contributed by atoms with Gasteiger partial charge in [0.25, 0.3) is 0 Å². The maximum atomic E-state index is 6.18. The van der Waals surface area contributed by atoms with Gasteiger partial charge in [0.2, 0.25) is 0 Å². The van der Waals surface area contributed by atoms with Gasteiger partial charge in [-0.2, -0.15) is 0 Å². The molecule has 1 aliphatic rings. The molecule has 0 saturated heterocycles. The molecule has 3 heteroatoms. The summed E-state index contributed by atoms with van der Waals surface area (Å²) in [4.78, 5) is 4.60. The standard InChI is InChI=1S/C12H15ClN2/c1-2-5-11-10-6-3-4-7-12(10)15(13)9-8-14-11/h3-4,6-7H,2,5,8-9H2,1H3. The van der Waals surface area contributed by atoms with Crippen molar-refractivity contribution in [3.8, 4) is 0 Å². The van der Waals surface area contributed by atoms with E-state index < -0.39 is 0 Å². The molecular weight excluding hydrogens is 208 g/mol. The summed E-state index contributed by atoms with van der Waals surface area (Å²) in [6.07, 6.45) is 2.15. The molecule has 0 unspecified atom stereocenters. The summed E-state index contributed by atoms with van der Waals surface area (Å²) >= 11 is 6.18. The van der Waals surface area contributed by atoms with Crippen LogP contribution in [0.1, 0.15) is 25.3 Å². The fraction of sp³-hybridized carbons (Fsp3) is 0.417. The number of hydrogen-bond donors (Lipinski definition) is 0. The monoisotopic (exact) mass is 222 g/mol. The van der Waals surface area contributed by atoms with Crippen LogP contribution in [-0.2, 0) is 0 Å². The van der Waals surface area contributed by atoms with Crippen LogP contribution in [0.4, 0.5) is 5.69 Å². The first-order valence-corrected chi connectivity index (χ1v) is 5.72. The Morgan fingerprint density at radius 2 is 2.20 bits per heavy atom. The number of aliphatic imine (C=N–C) groups is 1. The highest BCUT2D eigenvalue weighted by atomic mass is 35.5. The first-order valence-electron chi connectivity index (χ1n) is 5.39. The Labute approximate surface area is 95.7 Å². The number of benzodiazepines with no additional fused rings is 1. The molecule has 0 saturated carbocycles. The van der Waals surface area contributed by atoms with Crippen molar-refractivity contribution in [1.29, 1.82) is 0 Å². The number of nitrogens with zero attached hydrogens (tertiary/aromatic N) is 2. The average Bonchev–Trinajstić information content (AvgIpc) is 2.41. The lowest BCUT2D eigenvalue weighted by atomic mass is 10.0. The zero-order valence-electron chi connectivity index (χ0n) is 8.91. The van der Waals surface area contributed by atoms with Gasteiger partial charge < -0.3 is 0 Å². The summed E-state index contributed by atoms with van der Waals surface area (Å²) in [5, 5.41) is 0. The fourth-order valence-electron chi connectivity index (χ4n) is 1.86. The second-order valence-electron chi connectivity index (χ2n) is 3.68. The number of fused-ring (bicyclic) bond motifs is 1. The van der Waals surface area contributed by atoms with E-state index >= 15 is 0 Å². The van der Waals surface area contributed by atoms with Crippen LogP contribution in [0, 0.1) is 0 Å². The largest absolute Gasteiger partial charge is 0.287 e. The summed E-state index contributed by atoms with van der Waals surface area (Å²) in [7, 11) is 0. The molecule has 0 N–H and O–H groups in total. The van der Waals surface area contributed by atoms with Crippen molar-refractivity contribution in [3.63, 3.8) is 0 Å². The highest BCUT2D eigenvalue weighted by molar-refractivity contribution is 6.27. The lowest BCUT2D eigenvalue weighted by Gasteiger charge is -2.15. The molecule has 0 amide bonds. The molecule has 1 aromatic rings. The van der Waals surface area contributed by atoms with Gasteiger partial charge in [0.1, 0.15) is 0 Å². The number of rotatable bonds is 2. The second kappa shape index (κ2) is 4.67. The summed E-state index contributed by atoms with van der Waals surface area (Å²) < 4.78 is 1.77. The maximum Gasteiger partial charge on any atom is 0.0614 e. The van der Waals surface area contributed by atoms with Crippen LogP contribution in [0.25, 0.3) is 0 Å². The van der Waals surface area contributed by atoms with Crippen molar-refractivity contribution in [3.05, 3.63) is 29.8 Å². The fourth-order valence-corrected chi connectivity index (χ4v) is 2.08. The van der Waals surface area contributed by atoms with Crippen LogP contribution in [0.2, 0.25) is 0 Å². The van der Waals surface area contributed by atoms with Crippen LogP contribution in [0.5, 0.6) is 0 Å². The molecule has 0 fully saturated rings. The molecule has 80 valence electrons. The van der Waals surface area contributed by atoms with Crippen LogP contribution in [-0.4, -0.2) is 18.8 Å². The van der Waals surface area contributed by atoms with Crippen LogP contribution in [0.15, 0.2) is 29.3 Å². The molecule has 0 radical (unpaired) electrons. The Morgan fingerprint density at radius 3 is 3.00 bits per heavy atom. The molecule has 0 atom stereocenters. The lowest BCUT2D eigenvalue weighted by Crippen LogP contribution is -2.13. The predicted molar refractivity (Wildman–Crippen MR) is 66.0 cm³/mol. The maximum absolute atomic E-state index is 6.18. The van der Waals surface area contributed by atoms with Crippen LogP contribution in [0.3, 0.4) is 0 Å². The molecule has 2 rings (SSSR count). The lowest BCUT2D eigenvalue weighted by molar-refractivity contribution is 0.952. The van der Waals surface area contributed by atoms with Gasteiger partial charge in [0.05, 0.1) is 18.8 Å². The van der Waals surface area contributed by atoms with E-state index in [9.17, 15) is 0 Å². The normalized spacial score (nSPS) is 15.6. The number of halogens is 1. The van der Waals surface area contributed by atoms with Gasteiger partial charge in [-0.1, -0.05) is 31.5 Å². The van der Waals surface area contributed by atoms with Gasteiger partial charge in [-0.3, -0.25) is 9.41 Å². The average molecular weight is 223 g/mol. The second-order valence-corrected chi connectivity index (χ2v) is 4.09. The Morgan fingerprint density at radius 1 is 1.40 bits per heavy atom. The summed E-state index contributed by atoms with van der Waals surface area (Å²) in [6, 6.07) is 8.21. The van der Waals surface area contributed by atoms with Crippen molar-refractivity contribution in [1.82, 2.24) is 0 Å². The van der Waals surface area contributed by atoms with Gasteiger partial charge >= 0.3 is 0 Å². The van der Waals surface area contributed by atoms with E-state index in [-0.39, 0.29) is 0 Å². The molecule has 0 aliphatic carbocycles. The van der Waals surface area contributed by atoms with Gasteiger partial charge in [0.15, 0.2) is 0 Å². The van der Waals surface area contributed by atoms with Crippen molar-refractivity contribution < 1.29 is 0 Å². The van der Waals surface area contributed by atoms with Crippen LogP contribution < -0.4 is 4.42 Å². The van der Waals surface area contributed by atoms with Gasteiger partial charge in [0, 0.05) is 23.1 Å². The van der Waals surface area contributed by atoms with E-state index in [1.807, 2.05) is 12.1 Å². The Bertz CT molecular complexity index is 374. The molecule has 0 bridgehead atoms. The van der Waals surface area contributed by atoms with Gasteiger partial charge in [-0.25, -0.2) is 0 Å².